The molecule has 10 heteroatoms. The third kappa shape index (κ3) is 15.9. The zero-order valence-electron chi connectivity index (χ0n) is 29.0. The van der Waals surface area contributed by atoms with Gasteiger partial charge in [-0.15, -0.1) is 0 Å². The second-order valence-corrected chi connectivity index (χ2v) is 12.7. The van der Waals surface area contributed by atoms with E-state index >= 15 is 0 Å². The molecule has 3 N–H and O–H groups in total. The zero-order valence-corrected chi connectivity index (χ0v) is 29.0. The van der Waals surface area contributed by atoms with Gasteiger partial charge in [-0.2, -0.15) is 0 Å². The summed E-state index contributed by atoms with van der Waals surface area (Å²) < 4.78 is 10.6. The second-order valence-electron chi connectivity index (χ2n) is 12.7. The summed E-state index contributed by atoms with van der Waals surface area (Å²) in [7, 11) is 0. The first kappa shape index (κ1) is 38.9. The lowest BCUT2D eigenvalue weighted by Gasteiger charge is -2.27. The summed E-state index contributed by atoms with van der Waals surface area (Å²) >= 11 is 0. The molecule has 1 heterocycles. The van der Waals surface area contributed by atoms with Crippen molar-refractivity contribution in [1.29, 1.82) is 0 Å². The first-order valence-corrected chi connectivity index (χ1v) is 17.1. The van der Waals surface area contributed by atoms with Crippen molar-refractivity contribution in [2.24, 2.45) is 5.92 Å². The van der Waals surface area contributed by atoms with Gasteiger partial charge in [0.25, 0.3) is 0 Å². The van der Waals surface area contributed by atoms with Crippen molar-refractivity contribution in [2.75, 3.05) is 32.8 Å². The Labute approximate surface area is 290 Å². The minimum atomic E-state index is -0.673. The first-order chi connectivity index (χ1) is 23.7. The maximum atomic E-state index is 12.8. The lowest BCUT2D eigenvalue weighted by atomic mass is 10.0. The van der Waals surface area contributed by atoms with Crippen LogP contribution in [0.1, 0.15) is 50.3 Å². The smallest absolute Gasteiger partial charge is 0.329 e. The highest BCUT2D eigenvalue weighted by atomic mass is 16.5. The number of morpholine rings is 1. The van der Waals surface area contributed by atoms with Gasteiger partial charge in [-0.3, -0.25) is 19.3 Å². The monoisotopic (exact) mass is 672 g/mol. The summed E-state index contributed by atoms with van der Waals surface area (Å²) in [5.74, 6) is -0.130. The fourth-order valence-corrected chi connectivity index (χ4v) is 5.51. The van der Waals surface area contributed by atoms with Crippen LogP contribution in [0.2, 0.25) is 0 Å². The topological polar surface area (TPSA) is 126 Å². The number of benzene rings is 3. The molecule has 3 aromatic carbocycles. The summed E-state index contributed by atoms with van der Waals surface area (Å²) in [5, 5.41) is 8.54. The van der Waals surface area contributed by atoms with Crippen molar-refractivity contribution < 1.29 is 28.7 Å². The van der Waals surface area contributed by atoms with Crippen LogP contribution in [0.25, 0.3) is 0 Å². The highest BCUT2D eigenvalue weighted by Gasteiger charge is 2.24. The number of hydrogen-bond donors (Lipinski definition) is 3. The summed E-state index contributed by atoms with van der Waals surface area (Å²) in [6.07, 6.45) is 3.18. The summed E-state index contributed by atoms with van der Waals surface area (Å²) in [6.45, 7) is 9.60. The molecule has 1 fully saturated rings. The molecule has 0 spiro atoms. The van der Waals surface area contributed by atoms with Crippen molar-refractivity contribution >= 4 is 24.2 Å². The van der Waals surface area contributed by atoms with Crippen LogP contribution < -0.4 is 16.0 Å². The Hall–Kier alpha value is -4.54. The van der Waals surface area contributed by atoms with Crippen LogP contribution in [0.5, 0.6) is 0 Å². The van der Waals surface area contributed by atoms with Crippen molar-refractivity contribution in [3.63, 3.8) is 0 Å². The molecule has 3 atom stereocenters. The van der Waals surface area contributed by atoms with Crippen molar-refractivity contribution in [3.05, 3.63) is 108 Å². The Morgan fingerprint density at radius 3 is 1.94 bits per heavy atom. The SMILES string of the molecule is CC(C)CC(C)NC(=O)[C@H](CCc1ccccc1)NC(=O)CN1CCOCC1.O=CN[C@@H](Cc1ccccc1)C(=O)OCc1ccccc1. The average molecular weight is 673 g/mol. The highest BCUT2D eigenvalue weighted by Crippen LogP contribution is 2.09. The number of ether oxygens (including phenoxy) is 2. The van der Waals surface area contributed by atoms with Gasteiger partial charge in [0.2, 0.25) is 18.2 Å². The molecule has 3 amide bonds. The minimum Gasteiger partial charge on any atom is -0.459 e. The predicted molar refractivity (Wildman–Crippen MR) is 190 cm³/mol. The van der Waals surface area contributed by atoms with E-state index in [1.54, 1.807) is 0 Å². The lowest BCUT2D eigenvalue weighted by molar-refractivity contribution is -0.148. The summed E-state index contributed by atoms with van der Waals surface area (Å²) in [6, 6.07) is 27.9. The van der Waals surface area contributed by atoms with Gasteiger partial charge in [0.15, 0.2) is 0 Å². The number of carbonyl (C=O) groups excluding carboxylic acids is 4. The van der Waals surface area contributed by atoms with Crippen molar-refractivity contribution in [1.82, 2.24) is 20.9 Å². The van der Waals surface area contributed by atoms with E-state index in [9.17, 15) is 19.2 Å². The van der Waals surface area contributed by atoms with Gasteiger partial charge in [-0.05, 0) is 48.8 Å². The van der Waals surface area contributed by atoms with Gasteiger partial charge < -0.3 is 25.4 Å². The molecule has 1 unspecified atom stereocenters. The normalized spacial score (nSPS) is 14.7. The maximum absolute atomic E-state index is 12.8. The lowest BCUT2D eigenvalue weighted by Crippen LogP contribution is -2.52. The number of aryl methyl sites for hydroxylation is 1. The molecule has 1 saturated heterocycles. The number of hydrogen-bond acceptors (Lipinski definition) is 7. The maximum Gasteiger partial charge on any atom is 0.329 e. The van der Waals surface area contributed by atoms with E-state index in [0.717, 1.165) is 42.6 Å². The molecule has 3 aromatic rings. The fourth-order valence-electron chi connectivity index (χ4n) is 5.51. The molecule has 10 nitrogen and oxygen atoms in total. The molecule has 0 aliphatic carbocycles. The third-order valence-corrected chi connectivity index (χ3v) is 7.96. The standard InChI is InChI=1S/C22H35N3O3.C17H17NO3/c1-17(2)15-18(3)23-22(27)20(10-9-19-7-5-4-6-8-19)24-21(26)16-25-11-13-28-14-12-25;19-13-18-16(11-14-7-3-1-4-8-14)17(20)21-12-15-9-5-2-6-10-15/h4-8,17-18,20H,9-16H2,1-3H3,(H,23,27)(H,24,26);1-10,13,16H,11-12H2,(H,18,19)/t18?,20-;16-/m00/s1. The van der Waals surface area contributed by atoms with Crippen LogP contribution in [-0.4, -0.2) is 80.1 Å². The third-order valence-electron chi connectivity index (χ3n) is 7.96. The van der Waals surface area contributed by atoms with Crippen LogP contribution in [0.15, 0.2) is 91.0 Å². The zero-order chi connectivity index (χ0) is 35.3. The van der Waals surface area contributed by atoms with E-state index in [1.807, 2.05) is 97.9 Å². The Morgan fingerprint density at radius 2 is 1.37 bits per heavy atom. The molecule has 0 radical (unpaired) electrons. The van der Waals surface area contributed by atoms with E-state index in [4.69, 9.17) is 9.47 Å². The van der Waals surface area contributed by atoms with Crippen LogP contribution in [0.3, 0.4) is 0 Å². The Balaban J connectivity index is 0.000000276. The number of rotatable bonds is 17. The van der Waals surface area contributed by atoms with E-state index in [-0.39, 0.29) is 24.5 Å². The van der Waals surface area contributed by atoms with Gasteiger partial charge in [0.05, 0.1) is 19.8 Å². The van der Waals surface area contributed by atoms with Crippen LogP contribution in [-0.2, 0) is 48.1 Å². The highest BCUT2D eigenvalue weighted by molar-refractivity contribution is 5.88. The van der Waals surface area contributed by atoms with Gasteiger partial charge in [0, 0.05) is 25.6 Å². The van der Waals surface area contributed by atoms with E-state index < -0.39 is 18.1 Å². The molecular weight excluding hydrogens is 620 g/mol. The molecule has 264 valence electrons. The van der Waals surface area contributed by atoms with Gasteiger partial charge >= 0.3 is 5.97 Å². The van der Waals surface area contributed by atoms with E-state index in [1.165, 1.54) is 0 Å². The first-order valence-electron chi connectivity index (χ1n) is 17.1. The van der Waals surface area contributed by atoms with E-state index in [2.05, 4.69) is 34.7 Å². The molecular formula is C39H52N4O6. The number of nitrogens with zero attached hydrogens (tertiary/aromatic N) is 1. The van der Waals surface area contributed by atoms with Crippen LogP contribution in [0.4, 0.5) is 0 Å². The van der Waals surface area contributed by atoms with Crippen LogP contribution in [0, 0.1) is 5.92 Å². The predicted octanol–water partition coefficient (Wildman–Crippen LogP) is 4.07. The average Bonchev–Trinajstić information content (AvgIpc) is 3.10. The molecule has 0 bridgehead atoms. The number of amides is 3. The van der Waals surface area contributed by atoms with Crippen molar-refractivity contribution in [2.45, 2.75) is 71.2 Å². The number of esters is 1. The largest absolute Gasteiger partial charge is 0.459 e. The summed E-state index contributed by atoms with van der Waals surface area (Å²) in [5.41, 5.74) is 3.04. The number of nitrogens with one attached hydrogen (secondary N) is 3. The second kappa shape index (κ2) is 22.2. The summed E-state index contributed by atoms with van der Waals surface area (Å²) in [4.78, 5) is 50.1. The van der Waals surface area contributed by atoms with E-state index in [0.29, 0.717) is 44.9 Å². The van der Waals surface area contributed by atoms with Gasteiger partial charge in [0.1, 0.15) is 18.7 Å². The fraction of sp³-hybridized carbons (Fsp3) is 0.436. The van der Waals surface area contributed by atoms with Crippen LogP contribution >= 0.6 is 0 Å². The van der Waals surface area contributed by atoms with Gasteiger partial charge in [-0.1, -0.05) is 105 Å². The van der Waals surface area contributed by atoms with Gasteiger partial charge in [-0.25, -0.2) is 4.79 Å². The minimum absolute atomic E-state index is 0.0860. The molecule has 0 aromatic heterocycles. The number of carbonyl (C=O) groups is 4. The Bertz CT molecular complexity index is 1380. The molecule has 49 heavy (non-hydrogen) atoms. The Kier molecular flexibility index (Phi) is 17.6. The molecule has 1 aliphatic heterocycles. The Morgan fingerprint density at radius 1 is 0.796 bits per heavy atom. The molecule has 0 saturated carbocycles. The van der Waals surface area contributed by atoms with Crippen molar-refractivity contribution in [3.8, 4) is 0 Å². The quantitative estimate of drug-likeness (QED) is 0.146. The molecule has 4 rings (SSSR count). The molecule has 1 aliphatic rings.